The molecule has 1 aromatic heterocycles. The molecule has 8 heteroatoms. The van der Waals surface area contributed by atoms with Gasteiger partial charge in [-0.15, -0.1) is 11.3 Å². The molecule has 1 saturated heterocycles. The third kappa shape index (κ3) is 5.63. The van der Waals surface area contributed by atoms with Gasteiger partial charge in [-0.25, -0.2) is 4.98 Å². The van der Waals surface area contributed by atoms with Crippen molar-refractivity contribution in [3.63, 3.8) is 0 Å². The first kappa shape index (κ1) is 19.5. The Kier molecular flexibility index (Phi) is 6.60. The van der Waals surface area contributed by atoms with Crippen molar-refractivity contribution in [1.29, 1.82) is 0 Å². The van der Waals surface area contributed by atoms with Gasteiger partial charge in [-0.05, 0) is 38.3 Å². The monoisotopic (exact) mass is 395 g/mol. The molecule has 0 bridgehead atoms. The van der Waals surface area contributed by atoms with Gasteiger partial charge in [0, 0.05) is 30.9 Å². The van der Waals surface area contributed by atoms with Crippen LogP contribution in [0.1, 0.15) is 30.0 Å². The number of benzene rings is 1. The van der Waals surface area contributed by atoms with Crippen molar-refractivity contribution in [2.24, 2.45) is 0 Å². The fraction of sp³-hybridized carbons (Fsp3) is 0.474. The van der Waals surface area contributed by atoms with Crippen molar-refractivity contribution in [3.05, 3.63) is 40.3 Å². The lowest BCUT2D eigenvalue weighted by molar-refractivity contribution is -0.121. The van der Waals surface area contributed by atoms with Gasteiger partial charge in [0.2, 0.25) is 5.91 Å². The molecule has 1 aliphatic rings. The second kappa shape index (κ2) is 9.12. The maximum Gasteiger partial charge on any atom is 0.387 e. The molecule has 0 radical (unpaired) electrons. The summed E-state index contributed by atoms with van der Waals surface area (Å²) in [6, 6.07) is 6.77. The Balaban J connectivity index is 1.46. The van der Waals surface area contributed by atoms with Gasteiger partial charge in [0.05, 0.1) is 16.4 Å². The summed E-state index contributed by atoms with van der Waals surface area (Å²) < 4.78 is 29.8. The second-order valence-electron chi connectivity index (χ2n) is 6.56. The van der Waals surface area contributed by atoms with Crippen LogP contribution in [-0.4, -0.2) is 36.6 Å². The minimum Gasteiger partial charge on any atom is -0.433 e. The van der Waals surface area contributed by atoms with Crippen molar-refractivity contribution in [3.8, 4) is 5.75 Å². The van der Waals surface area contributed by atoms with Gasteiger partial charge in [-0.1, -0.05) is 12.1 Å². The van der Waals surface area contributed by atoms with E-state index in [1.807, 2.05) is 17.2 Å². The first-order chi connectivity index (χ1) is 13.0. The number of alkyl halides is 2. The summed E-state index contributed by atoms with van der Waals surface area (Å²) >= 11 is 1.62. The highest BCUT2D eigenvalue weighted by Gasteiger charge is 2.26. The van der Waals surface area contributed by atoms with E-state index < -0.39 is 6.61 Å². The standard InChI is InChI=1S/C19H23F2N3O2S/c1-13-22-15(12-27-13)5-4-8-18(25)23-14-9-10-24(11-14)16-6-2-3-7-17(16)26-19(20)21/h2-3,6-7,12,14,19H,4-5,8-11H2,1H3,(H,23,25)/t14-/m1/s1. The molecule has 1 N–H and O–H groups in total. The van der Waals surface area contributed by atoms with Crippen LogP contribution in [0.3, 0.4) is 0 Å². The Hall–Kier alpha value is -2.22. The Morgan fingerprint density at radius 1 is 1.44 bits per heavy atom. The minimum atomic E-state index is -2.86. The molecular formula is C19H23F2N3O2S. The number of hydrogen-bond donors (Lipinski definition) is 1. The number of nitrogens with zero attached hydrogens (tertiary/aromatic N) is 2. The number of ether oxygens (including phenoxy) is 1. The van der Waals surface area contributed by atoms with E-state index >= 15 is 0 Å². The molecule has 1 aliphatic heterocycles. The summed E-state index contributed by atoms with van der Waals surface area (Å²) in [6.45, 7) is 0.385. The lowest BCUT2D eigenvalue weighted by Crippen LogP contribution is -2.37. The predicted molar refractivity (Wildman–Crippen MR) is 102 cm³/mol. The molecule has 2 heterocycles. The number of anilines is 1. The summed E-state index contributed by atoms with van der Waals surface area (Å²) in [5.74, 6) is 0.184. The molecule has 3 rings (SSSR count). The van der Waals surface area contributed by atoms with Crippen LogP contribution in [0.25, 0.3) is 0 Å². The maximum absolute atomic E-state index is 12.6. The summed E-state index contributed by atoms with van der Waals surface area (Å²) in [5.41, 5.74) is 1.67. The van der Waals surface area contributed by atoms with Gasteiger partial charge < -0.3 is 15.0 Å². The lowest BCUT2D eigenvalue weighted by atomic mass is 10.2. The van der Waals surface area contributed by atoms with Crippen LogP contribution in [0, 0.1) is 6.92 Å². The van der Waals surface area contributed by atoms with E-state index in [4.69, 9.17) is 0 Å². The zero-order chi connectivity index (χ0) is 19.2. The van der Waals surface area contributed by atoms with Gasteiger partial charge in [0.1, 0.15) is 5.75 Å². The van der Waals surface area contributed by atoms with Crippen LogP contribution in [0.15, 0.2) is 29.6 Å². The zero-order valence-corrected chi connectivity index (χ0v) is 16.0. The molecule has 1 aromatic carbocycles. The van der Waals surface area contributed by atoms with Crippen LogP contribution >= 0.6 is 11.3 Å². The molecule has 27 heavy (non-hydrogen) atoms. The molecule has 0 unspecified atom stereocenters. The predicted octanol–water partition coefficient (Wildman–Crippen LogP) is 3.77. The van der Waals surface area contributed by atoms with Crippen molar-refractivity contribution >= 4 is 22.9 Å². The summed E-state index contributed by atoms with van der Waals surface area (Å²) in [6.07, 6.45) is 2.79. The van der Waals surface area contributed by atoms with E-state index in [0.717, 1.165) is 30.0 Å². The maximum atomic E-state index is 12.6. The van der Waals surface area contributed by atoms with Gasteiger partial charge in [-0.2, -0.15) is 8.78 Å². The van der Waals surface area contributed by atoms with Gasteiger partial charge in [0.25, 0.3) is 0 Å². The summed E-state index contributed by atoms with van der Waals surface area (Å²) in [7, 11) is 0. The van der Waals surface area contributed by atoms with E-state index in [2.05, 4.69) is 15.0 Å². The molecule has 0 saturated carbocycles. The largest absolute Gasteiger partial charge is 0.433 e. The number of halogens is 2. The van der Waals surface area contributed by atoms with Crippen molar-refractivity contribution < 1.29 is 18.3 Å². The number of carbonyl (C=O) groups excluding carboxylic acids is 1. The number of aromatic nitrogens is 1. The second-order valence-corrected chi connectivity index (χ2v) is 7.62. The normalized spacial score (nSPS) is 16.7. The molecule has 146 valence electrons. The van der Waals surface area contributed by atoms with E-state index in [-0.39, 0.29) is 17.7 Å². The number of thiazole rings is 1. The highest BCUT2D eigenvalue weighted by Crippen LogP contribution is 2.31. The number of rotatable bonds is 8. The van der Waals surface area contributed by atoms with Crippen molar-refractivity contribution in [2.75, 3.05) is 18.0 Å². The fourth-order valence-electron chi connectivity index (χ4n) is 3.26. The SMILES string of the molecule is Cc1nc(CCCC(=O)N[C@@H]2CCN(c3ccccc3OC(F)F)C2)cs1. The summed E-state index contributed by atoms with van der Waals surface area (Å²) in [4.78, 5) is 18.5. The number of aryl methyl sites for hydroxylation is 2. The Bertz CT molecular complexity index is 769. The first-order valence-electron chi connectivity index (χ1n) is 9.00. The molecule has 1 amide bonds. The van der Waals surface area contributed by atoms with Crippen LogP contribution < -0.4 is 15.0 Å². The van der Waals surface area contributed by atoms with Crippen molar-refractivity contribution in [2.45, 2.75) is 45.3 Å². The molecular weight excluding hydrogens is 372 g/mol. The number of amides is 1. The van der Waals surface area contributed by atoms with Crippen molar-refractivity contribution in [1.82, 2.24) is 10.3 Å². The Morgan fingerprint density at radius 3 is 3.00 bits per heavy atom. The van der Waals surface area contributed by atoms with Crippen LogP contribution in [0.4, 0.5) is 14.5 Å². The van der Waals surface area contributed by atoms with Crippen LogP contribution in [-0.2, 0) is 11.2 Å². The average Bonchev–Trinajstić information content (AvgIpc) is 3.24. The van der Waals surface area contributed by atoms with E-state index in [1.165, 1.54) is 6.07 Å². The topological polar surface area (TPSA) is 54.5 Å². The lowest BCUT2D eigenvalue weighted by Gasteiger charge is -2.22. The third-order valence-electron chi connectivity index (χ3n) is 4.48. The molecule has 1 fully saturated rings. The molecule has 1 atom stereocenters. The number of nitrogens with one attached hydrogen (secondary N) is 1. The van der Waals surface area contributed by atoms with E-state index in [9.17, 15) is 13.6 Å². The van der Waals surface area contributed by atoms with E-state index in [0.29, 0.717) is 25.2 Å². The fourth-order valence-corrected chi connectivity index (χ4v) is 3.91. The highest BCUT2D eigenvalue weighted by molar-refractivity contribution is 7.09. The van der Waals surface area contributed by atoms with E-state index in [1.54, 1.807) is 29.5 Å². The number of carbonyl (C=O) groups is 1. The van der Waals surface area contributed by atoms with Gasteiger partial charge in [0.15, 0.2) is 0 Å². The van der Waals surface area contributed by atoms with Gasteiger partial charge >= 0.3 is 6.61 Å². The smallest absolute Gasteiger partial charge is 0.387 e. The average molecular weight is 395 g/mol. The molecule has 0 aliphatic carbocycles. The van der Waals surface area contributed by atoms with Crippen LogP contribution in [0.5, 0.6) is 5.75 Å². The molecule has 5 nitrogen and oxygen atoms in total. The summed E-state index contributed by atoms with van der Waals surface area (Å²) in [5, 5.41) is 6.11. The molecule has 2 aromatic rings. The number of para-hydroxylation sites is 2. The molecule has 0 spiro atoms. The Morgan fingerprint density at radius 2 is 2.26 bits per heavy atom. The first-order valence-corrected chi connectivity index (χ1v) is 9.88. The highest BCUT2D eigenvalue weighted by atomic mass is 32.1. The minimum absolute atomic E-state index is 0.0126. The Labute approximate surface area is 161 Å². The number of hydrogen-bond acceptors (Lipinski definition) is 5. The third-order valence-corrected chi connectivity index (χ3v) is 5.30. The van der Waals surface area contributed by atoms with Crippen LogP contribution in [0.2, 0.25) is 0 Å². The van der Waals surface area contributed by atoms with Gasteiger partial charge in [-0.3, -0.25) is 4.79 Å². The quantitative estimate of drug-likeness (QED) is 0.739. The zero-order valence-electron chi connectivity index (χ0n) is 15.2.